The molecule has 5 heteroatoms. The Morgan fingerprint density at radius 3 is 1.57 bits per heavy atom. The van der Waals surface area contributed by atoms with Crippen LogP contribution in [0, 0.1) is 28.6 Å². The predicted molar refractivity (Wildman–Crippen MR) is 189 cm³/mol. The van der Waals surface area contributed by atoms with Gasteiger partial charge in [-0.05, 0) is 96.1 Å². The van der Waals surface area contributed by atoms with Gasteiger partial charge < -0.3 is 15.9 Å². The molecule has 5 nitrogen and oxygen atoms in total. The Labute approximate surface area is 281 Å². The Kier molecular flexibility index (Phi) is 10.7. The number of hydrogen-bond acceptors (Lipinski definition) is 3. The van der Waals surface area contributed by atoms with Gasteiger partial charge in [0.1, 0.15) is 0 Å². The lowest BCUT2D eigenvalue weighted by Gasteiger charge is -2.65. The van der Waals surface area contributed by atoms with Gasteiger partial charge in [0.2, 0.25) is 5.91 Å². The van der Waals surface area contributed by atoms with Crippen molar-refractivity contribution in [1.29, 1.82) is 0 Å². The van der Waals surface area contributed by atoms with E-state index in [-0.39, 0.29) is 37.2 Å². The van der Waals surface area contributed by atoms with Crippen LogP contribution in [-0.4, -0.2) is 28.7 Å². The summed E-state index contributed by atoms with van der Waals surface area (Å²) in [4.78, 5) is 27.4. The summed E-state index contributed by atoms with van der Waals surface area (Å²) in [7, 11) is 0. The molecule has 0 aliphatic heterocycles. The monoisotopic (exact) mass is 637 g/mol. The number of aliphatic hydroxyl groups excluding tert-OH is 1. The lowest BCUT2D eigenvalue weighted by atomic mass is 9.37. The average Bonchev–Trinajstić information content (AvgIpc) is 3.10. The first-order valence-corrected chi connectivity index (χ1v) is 18.6. The molecule has 3 saturated carbocycles. The molecule has 1 atom stereocenters. The van der Waals surface area contributed by atoms with Gasteiger partial charge in [-0.3, -0.25) is 9.59 Å². The summed E-state index contributed by atoms with van der Waals surface area (Å²) in [5.41, 5.74) is 11.6. The zero-order valence-corrected chi connectivity index (χ0v) is 28.2. The number of benzene rings is 2. The highest BCUT2D eigenvalue weighted by Crippen LogP contribution is 2.74. The maximum Gasteiger partial charge on any atom is 0.304 e. The van der Waals surface area contributed by atoms with E-state index in [0.717, 1.165) is 93.7 Å². The summed E-state index contributed by atoms with van der Waals surface area (Å²) in [5.74, 6) is -0.647. The van der Waals surface area contributed by atoms with Gasteiger partial charge in [0.05, 0.1) is 6.42 Å². The molecule has 0 saturated heterocycles. The number of aliphatic carboxylic acids is 1. The molecule has 4 N–H and O–H groups in total. The summed E-state index contributed by atoms with van der Waals surface area (Å²) in [6.07, 6.45) is 16.8. The summed E-state index contributed by atoms with van der Waals surface area (Å²) >= 11 is 0. The van der Waals surface area contributed by atoms with Gasteiger partial charge in [-0.25, -0.2) is 0 Å². The highest BCUT2D eigenvalue weighted by atomic mass is 16.4. The van der Waals surface area contributed by atoms with Crippen molar-refractivity contribution >= 4 is 23.0 Å². The van der Waals surface area contributed by atoms with Crippen LogP contribution in [0.25, 0.3) is 11.1 Å². The molecule has 2 aromatic rings. The summed E-state index contributed by atoms with van der Waals surface area (Å²) in [6.45, 7) is 0.0249. The van der Waals surface area contributed by atoms with Crippen LogP contribution < -0.4 is 5.73 Å². The third kappa shape index (κ3) is 6.25. The van der Waals surface area contributed by atoms with Gasteiger partial charge in [-0.15, -0.1) is 0 Å². The Bertz CT molecular complexity index is 1410. The summed E-state index contributed by atoms with van der Waals surface area (Å²) in [5, 5.41) is 22.1. The number of carbonyl (C=O) groups is 2. The number of amides is 1. The fourth-order valence-electron chi connectivity index (χ4n) is 11.2. The number of rotatable bonds is 11. The van der Waals surface area contributed by atoms with Crippen molar-refractivity contribution in [3.8, 4) is 0 Å². The Morgan fingerprint density at radius 2 is 1.13 bits per heavy atom. The van der Waals surface area contributed by atoms with E-state index in [1.165, 1.54) is 36.0 Å². The average molecular weight is 638 g/mol. The second-order valence-electron chi connectivity index (χ2n) is 15.0. The molecule has 0 spiro atoms. The van der Waals surface area contributed by atoms with Crippen molar-refractivity contribution in [2.24, 2.45) is 34.3 Å². The maximum absolute atomic E-state index is 13.8. The third-order valence-electron chi connectivity index (χ3n) is 12.5. The molecule has 1 amide bonds. The topological polar surface area (TPSA) is 101 Å². The second-order valence-corrected chi connectivity index (χ2v) is 15.0. The lowest BCUT2D eigenvalue weighted by molar-refractivity contribution is -0.144. The van der Waals surface area contributed by atoms with Crippen LogP contribution in [0.15, 0.2) is 71.8 Å². The first kappa shape index (κ1) is 33.7. The van der Waals surface area contributed by atoms with Crippen LogP contribution in [0.1, 0.15) is 127 Å². The van der Waals surface area contributed by atoms with Crippen LogP contribution in [0.3, 0.4) is 0 Å². The molecule has 4 aliphatic rings. The number of nitrogens with two attached hydrogens (primary N) is 1. The van der Waals surface area contributed by atoms with E-state index in [2.05, 4.69) is 54.6 Å². The van der Waals surface area contributed by atoms with Crippen molar-refractivity contribution in [3.63, 3.8) is 0 Å². The van der Waals surface area contributed by atoms with Gasteiger partial charge in [0.15, 0.2) is 0 Å². The molecule has 1 unspecified atom stereocenters. The number of allylic oxidation sites excluding steroid dienone is 3. The lowest BCUT2D eigenvalue weighted by Crippen LogP contribution is -2.58. The van der Waals surface area contributed by atoms with E-state index in [4.69, 9.17) is 5.73 Å². The second kappa shape index (κ2) is 14.9. The minimum Gasteiger partial charge on any atom is -0.481 e. The van der Waals surface area contributed by atoms with Crippen molar-refractivity contribution in [2.75, 3.05) is 6.61 Å². The molecule has 0 radical (unpaired) electrons. The minimum absolute atomic E-state index is 0.00941. The van der Waals surface area contributed by atoms with Gasteiger partial charge in [0, 0.05) is 23.9 Å². The SMILES string of the molecule is NC(=O)CC1(CC(=O)O)C(c2ccccc2)=C(C2CCCCC2)C(CCO)=C(c2ccccc2)C1(C1CCCCC1)C1CCCCC1. The largest absolute Gasteiger partial charge is 0.481 e. The third-order valence-corrected chi connectivity index (χ3v) is 12.5. The number of carbonyl (C=O) groups excluding carboxylic acids is 1. The highest BCUT2D eigenvalue weighted by Gasteiger charge is 2.66. The van der Waals surface area contributed by atoms with Gasteiger partial charge >= 0.3 is 5.97 Å². The molecular weight excluding hydrogens is 582 g/mol. The number of hydrogen-bond donors (Lipinski definition) is 3. The first-order valence-electron chi connectivity index (χ1n) is 18.6. The highest BCUT2D eigenvalue weighted by molar-refractivity contribution is 5.96. The molecule has 0 bridgehead atoms. The molecule has 2 aromatic carbocycles. The maximum atomic E-state index is 13.8. The van der Waals surface area contributed by atoms with Crippen LogP contribution in [-0.2, 0) is 9.59 Å². The Morgan fingerprint density at radius 1 is 0.660 bits per heavy atom. The smallest absolute Gasteiger partial charge is 0.304 e. The first-order chi connectivity index (χ1) is 22.9. The van der Waals surface area contributed by atoms with Crippen LogP contribution >= 0.6 is 0 Å². The van der Waals surface area contributed by atoms with Gasteiger partial charge in [0.25, 0.3) is 0 Å². The Balaban J connectivity index is 1.87. The van der Waals surface area contributed by atoms with E-state index in [1.807, 2.05) is 6.07 Å². The zero-order valence-electron chi connectivity index (χ0n) is 28.2. The van der Waals surface area contributed by atoms with Gasteiger partial charge in [-0.1, -0.05) is 118 Å². The van der Waals surface area contributed by atoms with Crippen LogP contribution in [0.4, 0.5) is 0 Å². The number of aliphatic hydroxyl groups is 1. The fraction of sp³-hybridized carbons (Fsp3) is 0.571. The number of carboxylic acids is 1. The van der Waals surface area contributed by atoms with Crippen molar-refractivity contribution in [1.82, 2.24) is 0 Å². The molecule has 4 aliphatic carbocycles. The molecule has 6 rings (SSSR count). The standard InChI is InChI=1S/C42H55NO4/c43-36(45)28-41(29-37(46)47)40(32-20-10-3-11-21-32)38(30-16-6-1-7-17-30)35(26-27-44)39(31-18-8-2-9-19-31)42(41,33-22-12-4-13-23-33)34-24-14-5-15-25-34/h2-3,8-11,18-21,30,33-34,44H,1,4-7,12-17,22-29H2,(H2,43,45)(H,46,47). The van der Waals surface area contributed by atoms with E-state index in [9.17, 15) is 19.8 Å². The van der Waals surface area contributed by atoms with Crippen LogP contribution in [0.5, 0.6) is 0 Å². The molecule has 0 aromatic heterocycles. The Hall–Kier alpha value is -3.18. The van der Waals surface area contributed by atoms with Crippen molar-refractivity contribution in [2.45, 2.75) is 116 Å². The molecule has 252 valence electrons. The fourth-order valence-corrected chi connectivity index (χ4v) is 11.2. The quantitative estimate of drug-likeness (QED) is 0.229. The molecule has 3 fully saturated rings. The number of carboxylic acid groups (broad SMARTS) is 1. The van der Waals surface area contributed by atoms with E-state index < -0.39 is 22.7 Å². The van der Waals surface area contributed by atoms with E-state index in [0.29, 0.717) is 6.42 Å². The van der Waals surface area contributed by atoms with E-state index in [1.54, 1.807) is 0 Å². The molecule has 0 heterocycles. The van der Waals surface area contributed by atoms with Crippen LogP contribution in [0.2, 0.25) is 0 Å². The zero-order chi connectivity index (χ0) is 32.9. The van der Waals surface area contributed by atoms with Gasteiger partial charge in [-0.2, -0.15) is 0 Å². The summed E-state index contributed by atoms with van der Waals surface area (Å²) < 4.78 is 0. The molecular formula is C42H55NO4. The summed E-state index contributed by atoms with van der Waals surface area (Å²) in [6, 6.07) is 21.1. The normalized spacial score (nSPS) is 24.8. The van der Waals surface area contributed by atoms with Crippen molar-refractivity contribution < 1.29 is 19.8 Å². The number of primary amides is 1. The predicted octanol–water partition coefficient (Wildman–Crippen LogP) is 9.35. The van der Waals surface area contributed by atoms with Crippen molar-refractivity contribution in [3.05, 3.63) is 82.9 Å². The molecule has 47 heavy (non-hydrogen) atoms. The van der Waals surface area contributed by atoms with E-state index >= 15 is 0 Å². The minimum atomic E-state index is -1.03.